The zero-order valence-electron chi connectivity index (χ0n) is 8.58. The molecule has 1 rings (SSSR count). The summed E-state index contributed by atoms with van der Waals surface area (Å²) in [5, 5.41) is 2.64. The van der Waals surface area contributed by atoms with Crippen molar-refractivity contribution >= 4 is 11.8 Å². The van der Waals surface area contributed by atoms with Gasteiger partial charge in [0, 0.05) is 5.92 Å². The Morgan fingerprint density at radius 2 is 1.86 bits per heavy atom. The van der Waals surface area contributed by atoms with E-state index < -0.39 is 11.9 Å². The topological polar surface area (TPSA) is 72.2 Å². The molecule has 0 aliphatic heterocycles. The molecule has 4 heteroatoms. The van der Waals surface area contributed by atoms with Gasteiger partial charge in [0.15, 0.2) is 0 Å². The van der Waals surface area contributed by atoms with Crippen molar-refractivity contribution in [3.8, 4) is 0 Å². The van der Waals surface area contributed by atoms with Crippen LogP contribution in [0.5, 0.6) is 0 Å². The molecule has 1 aliphatic rings. The number of rotatable bonds is 3. The van der Waals surface area contributed by atoms with Crippen LogP contribution in [0.4, 0.5) is 0 Å². The first kappa shape index (κ1) is 11.0. The van der Waals surface area contributed by atoms with E-state index in [4.69, 9.17) is 5.73 Å². The number of carbonyl (C=O) groups excluding carboxylic acids is 2. The summed E-state index contributed by atoms with van der Waals surface area (Å²) < 4.78 is 0. The molecule has 14 heavy (non-hydrogen) atoms. The van der Waals surface area contributed by atoms with Gasteiger partial charge in [0.05, 0.1) is 0 Å². The molecule has 0 bridgehead atoms. The SMILES string of the molecule is C[C@H](NC(=O)C1CCCCC1)C(N)=O. The first-order valence-electron chi connectivity index (χ1n) is 5.21. The molecule has 0 unspecified atom stereocenters. The van der Waals surface area contributed by atoms with E-state index in [-0.39, 0.29) is 11.8 Å². The average Bonchev–Trinajstić information content (AvgIpc) is 2.19. The Kier molecular flexibility index (Phi) is 3.92. The summed E-state index contributed by atoms with van der Waals surface area (Å²) in [6, 6.07) is -0.551. The molecule has 80 valence electrons. The van der Waals surface area contributed by atoms with Crippen LogP contribution in [0.3, 0.4) is 0 Å². The number of nitrogens with two attached hydrogens (primary N) is 1. The molecule has 3 N–H and O–H groups in total. The first-order valence-corrected chi connectivity index (χ1v) is 5.21. The van der Waals surface area contributed by atoms with Gasteiger partial charge in [0.25, 0.3) is 0 Å². The third-order valence-electron chi connectivity index (χ3n) is 2.76. The Hall–Kier alpha value is -1.06. The summed E-state index contributed by atoms with van der Waals surface area (Å²) in [5.41, 5.74) is 5.06. The fraction of sp³-hybridized carbons (Fsp3) is 0.800. The van der Waals surface area contributed by atoms with Gasteiger partial charge in [-0.25, -0.2) is 0 Å². The second-order valence-electron chi connectivity index (χ2n) is 3.97. The molecule has 0 saturated heterocycles. The number of nitrogens with one attached hydrogen (secondary N) is 1. The number of hydrogen-bond donors (Lipinski definition) is 2. The molecule has 2 amide bonds. The molecule has 0 spiro atoms. The van der Waals surface area contributed by atoms with Crippen molar-refractivity contribution in [2.45, 2.75) is 45.1 Å². The lowest BCUT2D eigenvalue weighted by molar-refractivity contribution is -0.130. The number of hydrogen-bond acceptors (Lipinski definition) is 2. The number of amides is 2. The normalized spacial score (nSPS) is 20.1. The second-order valence-corrected chi connectivity index (χ2v) is 3.97. The lowest BCUT2D eigenvalue weighted by Crippen LogP contribution is -2.45. The summed E-state index contributed by atoms with van der Waals surface area (Å²) in [5.74, 6) is -0.407. The summed E-state index contributed by atoms with van der Waals surface area (Å²) in [4.78, 5) is 22.3. The summed E-state index contributed by atoms with van der Waals surface area (Å²) in [6.07, 6.45) is 5.33. The Balaban J connectivity index is 2.36. The predicted molar refractivity (Wildman–Crippen MR) is 53.4 cm³/mol. The van der Waals surface area contributed by atoms with Crippen LogP contribution in [0.15, 0.2) is 0 Å². The number of carbonyl (C=O) groups is 2. The molecule has 1 atom stereocenters. The second kappa shape index (κ2) is 4.98. The molecule has 0 heterocycles. The van der Waals surface area contributed by atoms with Crippen LogP contribution in [-0.4, -0.2) is 17.9 Å². The molecule has 0 aromatic rings. The van der Waals surface area contributed by atoms with Crippen molar-refractivity contribution in [3.05, 3.63) is 0 Å². The molecule has 0 aromatic carbocycles. The van der Waals surface area contributed by atoms with Crippen LogP contribution in [0.2, 0.25) is 0 Å². The van der Waals surface area contributed by atoms with Crippen LogP contribution in [0.1, 0.15) is 39.0 Å². The lowest BCUT2D eigenvalue weighted by atomic mass is 9.88. The average molecular weight is 198 g/mol. The molecule has 0 aromatic heterocycles. The van der Waals surface area contributed by atoms with E-state index in [0.29, 0.717) is 0 Å². The third-order valence-corrected chi connectivity index (χ3v) is 2.76. The van der Waals surface area contributed by atoms with Gasteiger partial charge in [-0.2, -0.15) is 0 Å². The molecule has 0 radical (unpaired) electrons. The van der Waals surface area contributed by atoms with Gasteiger partial charge >= 0.3 is 0 Å². The highest BCUT2D eigenvalue weighted by Crippen LogP contribution is 2.23. The highest BCUT2D eigenvalue weighted by molar-refractivity contribution is 5.87. The van der Waals surface area contributed by atoms with Gasteiger partial charge in [-0.3, -0.25) is 9.59 Å². The molecule has 1 fully saturated rings. The molecular weight excluding hydrogens is 180 g/mol. The first-order chi connectivity index (χ1) is 6.61. The zero-order valence-corrected chi connectivity index (χ0v) is 8.58. The monoisotopic (exact) mass is 198 g/mol. The van der Waals surface area contributed by atoms with Gasteiger partial charge in [-0.1, -0.05) is 19.3 Å². The van der Waals surface area contributed by atoms with E-state index in [2.05, 4.69) is 5.32 Å². The van der Waals surface area contributed by atoms with Crippen LogP contribution in [0.25, 0.3) is 0 Å². The van der Waals surface area contributed by atoms with E-state index in [1.54, 1.807) is 6.92 Å². The Labute approximate surface area is 84.2 Å². The molecule has 1 aliphatic carbocycles. The molecule has 4 nitrogen and oxygen atoms in total. The zero-order chi connectivity index (χ0) is 10.6. The summed E-state index contributed by atoms with van der Waals surface area (Å²) in [7, 11) is 0. The van der Waals surface area contributed by atoms with Crippen molar-refractivity contribution in [2.24, 2.45) is 11.7 Å². The fourth-order valence-corrected chi connectivity index (χ4v) is 1.77. The maximum absolute atomic E-state index is 11.6. The quantitative estimate of drug-likeness (QED) is 0.695. The van der Waals surface area contributed by atoms with Crippen LogP contribution in [-0.2, 0) is 9.59 Å². The highest BCUT2D eigenvalue weighted by atomic mass is 16.2. The van der Waals surface area contributed by atoms with Crippen molar-refractivity contribution in [3.63, 3.8) is 0 Å². The van der Waals surface area contributed by atoms with E-state index in [9.17, 15) is 9.59 Å². The minimum atomic E-state index is -0.551. The lowest BCUT2D eigenvalue weighted by Gasteiger charge is -2.22. The van der Waals surface area contributed by atoms with Crippen molar-refractivity contribution < 1.29 is 9.59 Å². The van der Waals surface area contributed by atoms with Crippen LogP contribution >= 0.6 is 0 Å². The Morgan fingerprint density at radius 1 is 1.29 bits per heavy atom. The summed E-state index contributed by atoms with van der Waals surface area (Å²) >= 11 is 0. The van der Waals surface area contributed by atoms with E-state index in [1.165, 1.54) is 6.42 Å². The predicted octanol–water partition coefficient (Wildman–Crippen LogP) is 0.557. The molecule has 1 saturated carbocycles. The van der Waals surface area contributed by atoms with Crippen molar-refractivity contribution in [2.75, 3.05) is 0 Å². The maximum Gasteiger partial charge on any atom is 0.239 e. The minimum Gasteiger partial charge on any atom is -0.368 e. The van der Waals surface area contributed by atoms with E-state index >= 15 is 0 Å². The largest absolute Gasteiger partial charge is 0.368 e. The van der Waals surface area contributed by atoms with Crippen LogP contribution < -0.4 is 11.1 Å². The highest BCUT2D eigenvalue weighted by Gasteiger charge is 2.23. The van der Waals surface area contributed by atoms with E-state index in [0.717, 1.165) is 25.7 Å². The van der Waals surface area contributed by atoms with Gasteiger partial charge in [0.2, 0.25) is 11.8 Å². The Bertz CT molecular complexity index is 222. The van der Waals surface area contributed by atoms with Gasteiger partial charge in [-0.15, -0.1) is 0 Å². The van der Waals surface area contributed by atoms with E-state index in [1.807, 2.05) is 0 Å². The van der Waals surface area contributed by atoms with Gasteiger partial charge < -0.3 is 11.1 Å². The van der Waals surface area contributed by atoms with Gasteiger partial charge in [-0.05, 0) is 19.8 Å². The number of primary amides is 1. The van der Waals surface area contributed by atoms with Crippen molar-refractivity contribution in [1.29, 1.82) is 0 Å². The smallest absolute Gasteiger partial charge is 0.239 e. The van der Waals surface area contributed by atoms with Gasteiger partial charge in [0.1, 0.15) is 6.04 Å². The Morgan fingerprint density at radius 3 is 2.36 bits per heavy atom. The standard InChI is InChI=1S/C10H18N2O2/c1-7(9(11)13)12-10(14)8-5-3-2-4-6-8/h7-8H,2-6H2,1H3,(H2,11,13)(H,12,14)/t7-/m0/s1. The van der Waals surface area contributed by atoms with Crippen molar-refractivity contribution in [1.82, 2.24) is 5.32 Å². The fourth-order valence-electron chi connectivity index (χ4n) is 1.77. The third kappa shape index (κ3) is 3.01. The van der Waals surface area contributed by atoms with Crippen LogP contribution in [0, 0.1) is 5.92 Å². The summed E-state index contributed by atoms with van der Waals surface area (Å²) in [6.45, 7) is 1.61. The minimum absolute atomic E-state index is 0.0176. The molecular formula is C10H18N2O2. The maximum atomic E-state index is 11.6.